The molecule has 0 radical (unpaired) electrons. The zero-order chi connectivity index (χ0) is 16.8. The smallest absolute Gasteiger partial charge is 0.337 e. The van der Waals surface area contributed by atoms with E-state index in [0.717, 1.165) is 22.9 Å². The van der Waals surface area contributed by atoms with E-state index in [1.807, 2.05) is 18.2 Å². The van der Waals surface area contributed by atoms with Crippen LogP contribution in [-0.4, -0.2) is 30.3 Å². The fraction of sp³-hybridized carbons (Fsp3) is 0.118. The van der Waals surface area contributed by atoms with E-state index >= 15 is 0 Å². The van der Waals surface area contributed by atoms with Gasteiger partial charge in [-0.25, -0.2) is 13.2 Å². The molecule has 0 saturated carbocycles. The lowest BCUT2D eigenvalue weighted by Crippen LogP contribution is -1.96. The number of hydrogen-bond donors (Lipinski definition) is 1. The van der Waals surface area contributed by atoms with Crippen molar-refractivity contribution in [1.82, 2.24) is 4.57 Å². The number of benzene rings is 2. The van der Waals surface area contributed by atoms with E-state index in [1.165, 1.54) is 0 Å². The lowest BCUT2D eigenvalue weighted by molar-refractivity contribution is 0.0699. The number of carboxylic acid groups (broad SMARTS) is 1. The molecule has 1 aromatic heterocycles. The monoisotopic (exact) mass is 329 g/mol. The molecule has 0 amide bonds. The van der Waals surface area contributed by atoms with E-state index in [1.54, 1.807) is 42.1 Å². The average molecular weight is 329 g/mol. The van der Waals surface area contributed by atoms with Gasteiger partial charge in [-0.3, -0.25) is 0 Å². The molecule has 1 N–H and O–H groups in total. The highest BCUT2D eigenvalue weighted by molar-refractivity contribution is 7.90. The Hall–Kier alpha value is -2.60. The number of sulfone groups is 1. The van der Waals surface area contributed by atoms with Crippen LogP contribution < -0.4 is 0 Å². The predicted octanol–water partition coefficient (Wildman–Crippen LogP) is 2.95. The van der Waals surface area contributed by atoms with Crippen LogP contribution in [0.3, 0.4) is 0 Å². The summed E-state index contributed by atoms with van der Waals surface area (Å²) in [6.45, 7) is 0. The lowest BCUT2D eigenvalue weighted by atomic mass is 10.0. The first-order valence-corrected chi connectivity index (χ1v) is 8.79. The Morgan fingerprint density at radius 1 is 1.04 bits per heavy atom. The summed E-state index contributed by atoms with van der Waals surface area (Å²) < 4.78 is 24.8. The Labute approximate surface area is 133 Å². The van der Waals surface area contributed by atoms with E-state index in [0.29, 0.717) is 5.39 Å². The van der Waals surface area contributed by atoms with Gasteiger partial charge < -0.3 is 9.67 Å². The van der Waals surface area contributed by atoms with Gasteiger partial charge in [0.15, 0.2) is 9.84 Å². The maximum Gasteiger partial charge on any atom is 0.337 e. The van der Waals surface area contributed by atoms with Gasteiger partial charge >= 0.3 is 5.97 Å². The molecule has 3 rings (SSSR count). The predicted molar refractivity (Wildman–Crippen MR) is 88.4 cm³/mol. The summed E-state index contributed by atoms with van der Waals surface area (Å²) in [5.74, 6) is -0.972. The fourth-order valence-corrected chi connectivity index (χ4v) is 3.27. The maximum absolute atomic E-state index is 11.5. The second-order valence-corrected chi connectivity index (χ2v) is 7.50. The average Bonchev–Trinajstić information content (AvgIpc) is 2.83. The van der Waals surface area contributed by atoms with Crippen molar-refractivity contribution < 1.29 is 18.3 Å². The highest BCUT2D eigenvalue weighted by Gasteiger charge is 2.14. The molecular weight excluding hydrogens is 314 g/mol. The first-order chi connectivity index (χ1) is 10.8. The normalized spacial score (nSPS) is 11.7. The van der Waals surface area contributed by atoms with Gasteiger partial charge in [0.2, 0.25) is 0 Å². The number of aromatic nitrogens is 1. The third-order valence-electron chi connectivity index (χ3n) is 3.84. The molecule has 0 aliphatic rings. The molecule has 0 aliphatic carbocycles. The molecule has 23 heavy (non-hydrogen) atoms. The second kappa shape index (κ2) is 5.24. The molecule has 118 valence electrons. The molecule has 0 bridgehead atoms. The minimum Gasteiger partial charge on any atom is -0.478 e. The van der Waals surface area contributed by atoms with E-state index in [9.17, 15) is 18.3 Å². The number of aromatic carboxylic acids is 1. The van der Waals surface area contributed by atoms with Crippen LogP contribution >= 0.6 is 0 Å². The van der Waals surface area contributed by atoms with Gasteiger partial charge in [-0.05, 0) is 35.4 Å². The Kier molecular flexibility index (Phi) is 3.49. The van der Waals surface area contributed by atoms with Crippen molar-refractivity contribution in [3.8, 4) is 11.1 Å². The van der Waals surface area contributed by atoms with Crippen molar-refractivity contribution in [2.75, 3.05) is 6.26 Å². The molecule has 6 heteroatoms. The van der Waals surface area contributed by atoms with Gasteiger partial charge in [0.25, 0.3) is 0 Å². The van der Waals surface area contributed by atoms with Crippen LogP contribution in [0.2, 0.25) is 0 Å². The van der Waals surface area contributed by atoms with E-state index in [-0.39, 0.29) is 10.5 Å². The first kappa shape index (κ1) is 15.3. The lowest BCUT2D eigenvalue weighted by Gasteiger charge is -2.05. The molecule has 1 heterocycles. The molecule has 0 fully saturated rings. The molecule has 0 spiro atoms. The zero-order valence-corrected chi connectivity index (χ0v) is 13.5. The summed E-state index contributed by atoms with van der Waals surface area (Å²) in [6.07, 6.45) is 2.75. The number of nitrogens with zero attached hydrogens (tertiary/aromatic N) is 1. The largest absolute Gasteiger partial charge is 0.478 e. The van der Waals surface area contributed by atoms with Crippen LogP contribution in [0.5, 0.6) is 0 Å². The molecule has 3 aromatic rings. The Morgan fingerprint density at radius 2 is 1.65 bits per heavy atom. The molecule has 5 nitrogen and oxygen atoms in total. The molecule has 0 aliphatic heterocycles. The Balaban J connectivity index is 2.13. The van der Waals surface area contributed by atoms with Crippen molar-refractivity contribution in [2.24, 2.45) is 7.05 Å². The topological polar surface area (TPSA) is 76.4 Å². The minimum atomic E-state index is -3.23. The zero-order valence-electron chi connectivity index (χ0n) is 12.6. The van der Waals surface area contributed by atoms with Crippen LogP contribution in [0.4, 0.5) is 0 Å². The number of aryl methyl sites for hydroxylation is 1. The van der Waals surface area contributed by atoms with Crippen molar-refractivity contribution in [1.29, 1.82) is 0 Å². The third-order valence-corrected chi connectivity index (χ3v) is 4.96. The Morgan fingerprint density at radius 3 is 2.22 bits per heavy atom. The number of carboxylic acids is 1. The van der Waals surface area contributed by atoms with Gasteiger partial charge in [-0.2, -0.15) is 0 Å². The summed E-state index contributed by atoms with van der Waals surface area (Å²) in [5, 5.41) is 9.96. The van der Waals surface area contributed by atoms with Crippen LogP contribution in [0.1, 0.15) is 10.4 Å². The molecule has 0 saturated heterocycles. The summed E-state index contributed by atoms with van der Waals surface area (Å²) in [4.78, 5) is 11.6. The van der Waals surface area contributed by atoms with E-state index in [4.69, 9.17) is 0 Å². The second-order valence-electron chi connectivity index (χ2n) is 5.49. The van der Waals surface area contributed by atoms with Gasteiger partial charge in [0.1, 0.15) is 0 Å². The fourth-order valence-electron chi connectivity index (χ4n) is 2.64. The van der Waals surface area contributed by atoms with Gasteiger partial charge in [0.05, 0.1) is 10.5 Å². The number of carbonyl (C=O) groups is 1. The number of fused-ring (bicyclic) bond motifs is 1. The minimum absolute atomic E-state index is 0.247. The van der Waals surface area contributed by atoms with Crippen molar-refractivity contribution in [3.05, 3.63) is 54.2 Å². The Bertz CT molecular complexity index is 1010. The van der Waals surface area contributed by atoms with Crippen LogP contribution in [0, 0.1) is 0 Å². The summed E-state index contributed by atoms with van der Waals surface area (Å²) in [7, 11) is -1.43. The van der Waals surface area contributed by atoms with Crippen molar-refractivity contribution in [3.63, 3.8) is 0 Å². The standard InChI is InChI=1S/C17H15NO4S/c1-18-10-15(17(19)20)14-9-12(5-8-16(14)18)11-3-6-13(7-4-11)23(2,21)22/h3-10H,1-2H3,(H,19,20). The van der Waals surface area contributed by atoms with Crippen molar-refractivity contribution in [2.45, 2.75) is 4.90 Å². The van der Waals surface area contributed by atoms with Crippen molar-refractivity contribution >= 4 is 26.7 Å². The highest BCUT2D eigenvalue weighted by Crippen LogP contribution is 2.28. The summed E-state index contributed by atoms with van der Waals surface area (Å²) >= 11 is 0. The third kappa shape index (κ3) is 2.73. The number of rotatable bonds is 3. The van der Waals surface area contributed by atoms with Gasteiger partial charge in [0, 0.05) is 30.4 Å². The summed E-state index contributed by atoms with van der Waals surface area (Å²) in [6, 6.07) is 12.1. The van der Waals surface area contributed by atoms with E-state index in [2.05, 4.69) is 0 Å². The molecule has 2 aromatic carbocycles. The van der Waals surface area contributed by atoms with Gasteiger partial charge in [-0.1, -0.05) is 18.2 Å². The van der Waals surface area contributed by atoms with Gasteiger partial charge in [-0.15, -0.1) is 0 Å². The van der Waals surface area contributed by atoms with E-state index < -0.39 is 15.8 Å². The van der Waals surface area contributed by atoms with Crippen LogP contribution in [0.15, 0.2) is 53.6 Å². The maximum atomic E-state index is 11.5. The first-order valence-electron chi connectivity index (χ1n) is 6.90. The SMILES string of the molecule is Cn1cc(C(=O)O)c2cc(-c3ccc(S(C)(=O)=O)cc3)ccc21. The molecular formula is C17H15NO4S. The highest BCUT2D eigenvalue weighted by atomic mass is 32.2. The quantitative estimate of drug-likeness (QED) is 0.801. The molecule has 0 unspecified atom stereocenters. The number of hydrogen-bond acceptors (Lipinski definition) is 3. The molecule has 0 atom stereocenters. The van der Waals surface area contributed by atoms with Crippen LogP contribution in [-0.2, 0) is 16.9 Å². The summed E-state index contributed by atoms with van der Waals surface area (Å²) in [5.41, 5.74) is 2.75. The van der Waals surface area contributed by atoms with Crippen LogP contribution in [0.25, 0.3) is 22.0 Å².